The first-order chi connectivity index (χ1) is 14.1. The summed E-state index contributed by atoms with van der Waals surface area (Å²) in [4.78, 5) is 25.0. The summed E-state index contributed by atoms with van der Waals surface area (Å²) in [6, 6.07) is 15.2. The smallest absolute Gasteiger partial charge is 0.272 e. The SMILES string of the molecule is COc1ccc(C2(CNC(=O)c3n[nH]c(=O)c4ccccc34)CCCCC2)cc1. The van der Waals surface area contributed by atoms with Gasteiger partial charge in [0, 0.05) is 17.3 Å². The summed E-state index contributed by atoms with van der Waals surface area (Å²) in [7, 11) is 1.66. The summed E-state index contributed by atoms with van der Waals surface area (Å²) in [5.41, 5.74) is 1.08. The third-order valence-electron chi connectivity index (χ3n) is 6.01. The van der Waals surface area contributed by atoms with Crippen LogP contribution in [-0.4, -0.2) is 29.8 Å². The standard InChI is InChI=1S/C23H25N3O3/c1-29-17-11-9-16(10-12-17)23(13-5-2-6-14-23)15-24-22(28)20-18-7-3-4-8-19(18)21(27)26-25-20/h3-4,7-12H,2,5-6,13-15H2,1H3,(H,24,28)(H,26,27). The van der Waals surface area contributed by atoms with Crippen LogP contribution in [0.3, 0.4) is 0 Å². The van der Waals surface area contributed by atoms with Crippen LogP contribution in [0.5, 0.6) is 5.75 Å². The van der Waals surface area contributed by atoms with Crippen molar-refractivity contribution in [1.82, 2.24) is 15.5 Å². The van der Waals surface area contributed by atoms with E-state index >= 15 is 0 Å². The number of methoxy groups -OCH3 is 1. The molecule has 1 amide bonds. The van der Waals surface area contributed by atoms with Gasteiger partial charge in [0.05, 0.1) is 12.5 Å². The molecule has 150 valence electrons. The number of aromatic nitrogens is 2. The van der Waals surface area contributed by atoms with E-state index in [0.29, 0.717) is 17.3 Å². The van der Waals surface area contributed by atoms with Crippen molar-refractivity contribution in [3.8, 4) is 5.75 Å². The Morgan fingerprint density at radius 1 is 1.07 bits per heavy atom. The molecule has 0 spiro atoms. The highest BCUT2D eigenvalue weighted by Crippen LogP contribution is 2.39. The van der Waals surface area contributed by atoms with Crippen LogP contribution in [0, 0.1) is 0 Å². The molecular weight excluding hydrogens is 366 g/mol. The molecule has 0 aliphatic heterocycles. The summed E-state index contributed by atoms with van der Waals surface area (Å²) >= 11 is 0. The Morgan fingerprint density at radius 3 is 2.45 bits per heavy atom. The zero-order valence-electron chi connectivity index (χ0n) is 16.5. The normalized spacial score (nSPS) is 15.8. The molecular formula is C23H25N3O3. The van der Waals surface area contributed by atoms with E-state index in [-0.39, 0.29) is 22.6 Å². The number of benzene rings is 2. The lowest BCUT2D eigenvalue weighted by Gasteiger charge is -2.38. The van der Waals surface area contributed by atoms with Gasteiger partial charge in [-0.3, -0.25) is 9.59 Å². The van der Waals surface area contributed by atoms with Gasteiger partial charge in [-0.2, -0.15) is 5.10 Å². The van der Waals surface area contributed by atoms with Crippen LogP contribution in [0.25, 0.3) is 10.8 Å². The summed E-state index contributed by atoms with van der Waals surface area (Å²) in [6.07, 6.45) is 5.56. The van der Waals surface area contributed by atoms with E-state index in [4.69, 9.17) is 4.74 Å². The number of aromatic amines is 1. The predicted molar refractivity (Wildman–Crippen MR) is 112 cm³/mol. The maximum atomic E-state index is 13.0. The van der Waals surface area contributed by atoms with E-state index in [1.54, 1.807) is 31.4 Å². The summed E-state index contributed by atoms with van der Waals surface area (Å²) in [5, 5.41) is 10.6. The number of hydrogen-bond donors (Lipinski definition) is 2. The highest BCUT2D eigenvalue weighted by atomic mass is 16.5. The molecule has 1 saturated carbocycles. The number of nitrogens with zero attached hydrogens (tertiary/aromatic N) is 1. The molecule has 1 heterocycles. The molecule has 1 aliphatic carbocycles. The molecule has 29 heavy (non-hydrogen) atoms. The minimum Gasteiger partial charge on any atom is -0.497 e. The lowest BCUT2D eigenvalue weighted by molar-refractivity contribution is 0.0932. The molecule has 0 saturated heterocycles. The van der Waals surface area contributed by atoms with Crippen molar-refractivity contribution in [3.05, 3.63) is 70.1 Å². The molecule has 0 atom stereocenters. The molecule has 6 nitrogen and oxygen atoms in total. The van der Waals surface area contributed by atoms with Gasteiger partial charge in [0.15, 0.2) is 5.69 Å². The molecule has 0 unspecified atom stereocenters. The average molecular weight is 391 g/mol. The van der Waals surface area contributed by atoms with Crippen molar-refractivity contribution in [2.75, 3.05) is 13.7 Å². The number of ether oxygens (including phenoxy) is 1. The Bertz CT molecular complexity index is 1070. The van der Waals surface area contributed by atoms with E-state index in [0.717, 1.165) is 31.4 Å². The second-order valence-corrected chi connectivity index (χ2v) is 7.70. The van der Waals surface area contributed by atoms with Gasteiger partial charge in [-0.1, -0.05) is 49.6 Å². The van der Waals surface area contributed by atoms with E-state index in [1.807, 2.05) is 12.1 Å². The third kappa shape index (κ3) is 3.75. The second-order valence-electron chi connectivity index (χ2n) is 7.70. The third-order valence-corrected chi connectivity index (χ3v) is 6.01. The van der Waals surface area contributed by atoms with Gasteiger partial charge in [0.2, 0.25) is 0 Å². The minimum absolute atomic E-state index is 0.0990. The van der Waals surface area contributed by atoms with Gasteiger partial charge in [-0.15, -0.1) is 0 Å². The monoisotopic (exact) mass is 391 g/mol. The number of carbonyl (C=O) groups is 1. The quantitative estimate of drug-likeness (QED) is 0.696. The summed E-state index contributed by atoms with van der Waals surface area (Å²) < 4.78 is 5.29. The van der Waals surface area contributed by atoms with Gasteiger partial charge in [-0.25, -0.2) is 5.10 Å². The number of carbonyl (C=O) groups excluding carboxylic acids is 1. The number of nitrogens with one attached hydrogen (secondary N) is 2. The van der Waals surface area contributed by atoms with Crippen LogP contribution in [0.15, 0.2) is 53.3 Å². The van der Waals surface area contributed by atoms with E-state index in [2.05, 4.69) is 27.6 Å². The van der Waals surface area contributed by atoms with Crippen LogP contribution in [0.1, 0.15) is 48.2 Å². The molecule has 2 aromatic carbocycles. The number of H-pyrrole nitrogens is 1. The molecule has 0 bridgehead atoms. The average Bonchev–Trinajstić information content (AvgIpc) is 2.78. The fourth-order valence-corrected chi connectivity index (χ4v) is 4.36. The van der Waals surface area contributed by atoms with Gasteiger partial charge < -0.3 is 10.1 Å². The first-order valence-corrected chi connectivity index (χ1v) is 10.0. The lowest BCUT2D eigenvalue weighted by atomic mass is 9.69. The minimum atomic E-state index is -0.292. The van der Waals surface area contributed by atoms with Crippen LogP contribution in [0.4, 0.5) is 0 Å². The molecule has 1 aromatic heterocycles. The van der Waals surface area contributed by atoms with Gasteiger partial charge in [0.1, 0.15) is 5.75 Å². The van der Waals surface area contributed by atoms with Crippen molar-refractivity contribution in [2.45, 2.75) is 37.5 Å². The molecule has 1 aliphatic rings. The van der Waals surface area contributed by atoms with Crippen molar-refractivity contribution in [3.63, 3.8) is 0 Å². The number of amides is 1. The van der Waals surface area contributed by atoms with Crippen molar-refractivity contribution >= 4 is 16.7 Å². The molecule has 4 rings (SSSR count). The zero-order valence-corrected chi connectivity index (χ0v) is 16.5. The fourth-order valence-electron chi connectivity index (χ4n) is 4.36. The fraction of sp³-hybridized carbons (Fsp3) is 0.348. The second kappa shape index (κ2) is 8.07. The van der Waals surface area contributed by atoms with Gasteiger partial charge in [-0.05, 0) is 36.6 Å². The van der Waals surface area contributed by atoms with Crippen molar-refractivity contribution in [2.24, 2.45) is 0 Å². The first-order valence-electron chi connectivity index (χ1n) is 10.0. The summed E-state index contributed by atoms with van der Waals surface area (Å²) in [5.74, 6) is 0.559. The van der Waals surface area contributed by atoms with E-state index in [1.165, 1.54) is 12.0 Å². The Kier molecular flexibility index (Phi) is 5.34. The number of rotatable bonds is 5. The molecule has 6 heteroatoms. The highest BCUT2D eigenvalue weighted by molar-refractivity contribution is 6.04. The predicted octanol–water partition coefficient (Wildman–Crippen LogP) is 3.56. The van der Waals surface area contributed by atoms with Crippen LogP contribution >= 0.6 is 0 Å². The van der Waals surface area contributed by atoms with E-state index in [9.17, 15) is 9.59 Å². The summed E-state index contributed by atoms with van der Waals surface area (Å²) in [6.45, 7) is 0.535. The molecule has 0 radical (unpaired) electrons. The maximum Gasteiger partial charge on any atom is 0.272 e. The number of hydrogen-bond acceptors (Lipinski definition) is 4. The topological polar surface area (TPSA) is 84.1 Å². The zero-order chi connectivity index (χ0) is 20.3. The molecule has 2 N–H and O–H groups in total. The Labute approximate surface area is 169 Å². The lowest BCUT2D eigenvalue weighted by Crippen LogP contribution is -2.42. The Balaban J connectivity index is 1.60. The largest absolute Gasteiger partial charge is 0.497 e. The van der Waals surface area contributed by atoms with Crippen LogP contribution < -0.4 is 15.6 Å². The van der Waals surface area contributed by atoms with Crippen LogP contribution in [-0.2, 0) is 5.41 Å². The van der Waals surface area contributed by atoms with E-state index < -0.39 is 0 Å². The van der Waals surface area contributed by atoms with Gasteiger partial charge >= 0.3 is 0 Å². The van der Waals surface area contributed by atoms with Crippen molar-refractivity contribution < 1.29 is 9.53 Å². The Hall–Kier alpha value is -3.15. The maximum absolute atomic E-state index is 13.0. The molecule has 3 aromatic rings. The number of fused-ring (bicyclic) bond motifs is 1. The highest BCUT2D eigenvalue weighted by Gasteiger charge is 2.34. The molecule has 1 fully saturated rings. The van der Waals surface area contributed by atoms with Crippen molar-refractivity contribution in [1.29, 1.82) is 0 Å². The first kappa shape index (κ1) is 19.2. The van der Waals surface area contributed by atoms with Gasteiger partial charge in [0.25, 0.3) is 11.5 Å². The van der Waals surface area contributed by atoms with Crippen LogP contribution in [0.2, 0.25) is 0 Å². The Morgan fingerprint density at radius 2 is 1.76 bits per heavy atom.